The second-order valence-electron chi connectivity index (χ2n) is 8.03. The highest BCUT2D eigenvalue weighted by Crippen LogP contribution is 2.23. The average molecular weight is 516 g/mol. The molecule has 0 unspecified atom stereocenters. The molecule has 172 valence electrons. The number of nitrogens with zero attached hydrogens (tertiary/aromatic N) is 2. The van der Waals surface area contributed by atoms with Crippen LogP contribution in [0.5, 0.6) is 5.75 Å². The smallest absolute Gasteiger partial charge is 0.244 e. The number of halogens is 1. The van der Waals surface area contributed by atoms with Gasteiger partial charge in [0, 0.05) is 27.1 Å². The molecular formula is C28H26BrN3O2. The molecule has 1 amide bonds. The van der Waals surface area contributed by atoms with Gasteiger partial charge in [0.25, 0.3) is 0 Å². The van der Waals surface area contributed by atoms with Crippen LogP contribution in [0.1, 0.15) is 28.1 Å². The van der Waals surface area contributed by atoms with Gasteiger partial charge < -0.3 is 9.30 Å². The Balaban J connectivity index is 1.38. The molecule has 1 heterocycles. The number of ether oxygens (including phenoxy) is 1. The summed E-state index contributed by atoms with van der Waals surface area (Å²) in [5.74, 6) is 0.673. The fraction of sp³-hybridized carbons (Fsp3) is 0.143. The summed E-state index contributed by atoms with van der Waals surface area (Å²) in [6, 6.07) is 27.8. The Morgan fingerprint density at radius 1 is 0.971 bits per heavy atom. The molecule has 0 bridgehead atoms. The molecule has 0 spiro atoms. The molecule has 0 saturated heterocycles. The van der Waals surface area contributed by atoms with E-state index in [0.29, 0.717) is 13.0 Å². The van der Waals surface area contributed by atoms with Gasteiger partial charge in [-0.3, -0.25) is 4.79 Å². The number of carbonyl (C=O) groups is 1. The van der Waals surface area contributed by atoms with E-state index < -0.39 is 0 Å². The summed E-state index contributed by atoms with van der Waals surface area (Å²) in [6.07, 6.45) is 1.99. The Morgan fingerprint density at radius 2 is 1.68 bits per heavy atom. The van der Waals surface area contributed by atoms with E-state index in [9.17, 15) is 4.79 Å². The Bertz CT molecular complexity index is 1280. The van der Waals surface area contributed by atoms with Gasteiger partial charge in [-0.05, 0) is 67.4 Å². The summed E-state index contributed by atoms with van der Waals surface area (Å²) in [7, 11) is 0. The lowest BCUT2D eigenvalue weighted by Crippen LogP contribution is -2.19. The zero-order valence-electron chi connectivity index (χ0n) is 19.2. The number of benzene rings is 3. The van der Waals surface area contributed by atoms with Crippen LogP contribution in [0, 0.1) is 13.8 Å². The standard InChI is InChI=1S/C28H26BrN3O2/c1-20-16-24(18-30-31-28(33)17-22-6-4-3-5-7-22)21(2)32(20)26-12-14-27(15-13-26)34-19-23-8-10-25(29)11-9-23/h3-16,18H,17,19H2,1-2H3,(H,31,33)/b30-18+. The molecule has 3 aromatic carbocycles. The maximum absolute atomic E-state index is 12.1. The molecule has 4 rings (SSSR count). The number of aromatic nitrogens is 1. The van der Waals surface area contributed by atoms with E-state index in [4.69, 9.17) is 4.74 Å². The minimum Gasteiger partial charge on any atom is -0.489 e. The van der Waals surface area contributed by atoms with Gasteiger partial charge in [-0.15, -0.1) is 0 Å². The zero-order valence-corrected chi connectivity index (χ0v) is 20.7. The molecule has 0 aliphatic rings. The van der Waals surface area contributed by atoms with Gasteiger partial charge in [-0.2, -0.15) is 5.10 Å². The fourth-order valence-corrected chi connectivity index (χ4v) is 4.01. The van der Waals surface area contributed by atoms with Crippen molar-refractivity contribution in [3.05, 3.63) is 117 Å². The van der Waals surface area contributed by atoms with Crippen LogP contribution in [0.15, 0.2) is 94.5 Å². The number of hydrogen-bond donors (Lipinski definition) is 1. The molecule has 0 atom stereocenters. The highest BCUT2D eigenvalue weighted by molar-refractivity contribution is 9.10. The normalized spacial score (nSPS) is 11.0. The summed E-state index contributed by atoms with van der Waals surface area (Å²) < 4.78 is 9.13. The highest BCUT2D eigenvalue weighted by atomic mass is 79.9. The maximum Gasteiger partial charge on any atom is 0.244 e. The van der Waals surface area contributed by atoms with Crippen molar-refractivity contribution < 1.29 is 9.53 Å². The van der Waals surface area contributed by atoms with Gasteiger partial charge in [0.15, 0.2) is 0 Å². The lowest BCUT2D eigenvalue weighted by Gasteiger charge is -2.11. The second-order valence-corrected chi connectivity index (χ2v) is 8.94. The highest BCUT2D eigenvalue weighted by Gasteiger charge is 2.10. The molecule has 1 aromatic heterocycles. The second kappa shape index (κ2) is 11.0. The lowest BCUT2D eigenvalue weighted by molar-refractivity contribution is -0.120. The minimum atomic E-state index is -0.144. The van der Waals surface area contributed by atoms with Gasteiger partial charge >= 0.3 is 0 Å². The van der Waals surface area contributed by atoms with E-state index in [1.807, 2.05) is 85.8 Å². The van der Waals surface area contributed by atoms with Crippen molar-refractivity contribution >= 4 is 28.1 Å². The maximum atomic E-state index is 12.1. The van der Waals surface area contributed by atoms with Gasteiger partial charge in [0.2, 0.25) is 5.91 Å². The Morgan fingerprint density at radius 3 is 2.38 bits per heavy atom. The van der Waals surface area contributed by atoms with Crippen molar-refractivity contribution in [3.63, 3.8) is 0 Å². The number of nitrogens with one attached hydrogen (secondary N) is 1. The quantitative estimate of drug-likeness (QED) is 0.226. The number of carbonyl (C=O) groups excluding carboxylic acids is 1. The first-order valence-corrected chi connectivity index (χ1v) is 11.8. The van der Waals surface area contributed by atoms with Gasteiger partial charge in [0.05, 0.1) is 12.6 Å². The first-order chi connectivity index (χ1) is 16.5. The van der Waals surface area contributed by atoms with Crippen molar-refractivity contribution in [3.8, 4) is 11.4 Å². The predicted molar refractivity (Wildman–Crippen MR) is 140 cm³/mol. The molecule has 4 aromatic rings. The number of amides is 1. The molecule has 34 heavy (non-hydrogen) atoms. The Hall–Kier alpha value is -3.64. The molecule has 6 heteroatoms. The van der Waals surface area contributed by atoms with E-state index in [2.05, 4.69) is 44.0 Å². The summed E-state index contributed by atoms with van der Waals surface area (Å²) in [6.45, 7) is 4.61. The summed E-state index contributed by atoms with van der Waals surface area (Å²) in [4.78, 5) is 12.1. The van der Waals surface area contributed by atoms with Crippen LogP contribution in [0.3, 0.4) is 0 Å². The largest absolute Gasteiger partial charge is 0.489 e. The molecule has 0 radical (unpaired) electrons. The van der Waals surface area contributed by atoms with Crippen LogP contribution in [0.2, 0.25) is 0 Å². The number of rotatable bonds is 8. The van der Waals surface area contributed by atoms with E-state index in [1.54, 1.807) is 6.21 Å². The first kappa shape index (κ1) is 23.5. The van der Waals surface area contributed by atoms with Crippen LogP contribution >= 0.6 is 15.9 Å². The molecule has 0 aliphatic carbocycles. The third kappa shape index (κ3) is 6.02. The van der Waals surface area contributed by atoms with Gasteiger partial charge in [-0.25, -0.2) is 5.43 Å². The van der Waals surface area contributed by atoms with Crippen LogP contribution in [0.25, 0.3) is 5.69 Å². The molecular weight excluding hydrogens is 490 g/mol. The fourth-order valence-electron chi connectivity index (χ4n) is 3.75. The molecule has 1 N–H and O–H groups in total. The third-order valence-electron chi connectivity index (χ3n) is 5.48. The number of aryl methyl sites for hydroxylation is 1. The Kier molecular flexibility index (Phi) is 7.60. The topological polar surface area (TPSA) is 55.6 Å². The summed E-state index contributed by atoms with van der Waals surface area (Å²) in [5, 5.41) is 4.16. The zero-order chi connectivity index (χ0) is 23.9. The molecule has 0 fully saturated rings. The average Bonchev–Trinajstić information content (AvgIpc) is 3.12. The lowest BCUT2D eigenvalue weighted by atomic mass is 10.1. The van der Waals surface area contributed by atoms with Crippen molar-refractivity contribution in [2.45, 2.75) is 26.9 Å². The first-order valence-electron chi connectivity index (χ1n) is 11.0. The van der Waals surface area contributed by atoms with Crippen LogP contribution in [-0.4, -0.2) is 16.7 Å². The van der Waals surface area contributed by atoms with Crippen LogP contribution in [0.4, 0.5) is 0 Å². The number of hydrogen-bond acceptors (Lipinski definition) is 3. The van der Waals surface area contributed by atoms with Crippen LogP contribution < -0.4 is 10.2 Å². The summed E-state index contributed by atoms with van der Waals surface area (Å²) in [5.41, 5.74) is 8.80. The monoisotopic (exact) mass is 515 g/mol. The third-order valence-corrected chi connectivity index (χ3v) is 6.01. The van der Waals surface area contributed by atoms with E-state index in [-0.39, 0.29) is 5.91 Å². The summed E-state index contributed by atoms with van der Waals surface area (Å²) >= 11 is 3.45. The minimum absolute atomic E-state index is 0.144. The molecule has 0 aliphatic heterocycles. The number of hydrazone groups is 1. The van der Waals surface area contributed by atoms with E-state index >= 15 is 0 Å². The van der Waals surface area contributed by atoms with Crippen molar-refractivity contribution in [1.82, 2.24) is 9.99 Å². The molecule has 5 nitrogen and oxygen atoms in total. The van der Waals surface area contributed by atoms with Gasteiger partial charge in [-0.1, -0.05) is 58.4 Å². The van der Waals surface area contributed by atoms with Crippen molar-refractivity contribution in [2.24, 2.45) is 5.10 Å². The van der Waals surface area contributed by atoms with Crippen molar-refractivity contribution in [1.29, 1.82) is 0 Å². The van der Waals surface area contributed by atoms with Crippen molar-refractivity contribution in [2.75, 3.05) is 0 Å². The van der Waals surface area contributed by atoms with E-state index in [1.165, 1.54) is 0 Å². The predicted octanol–water partition coefficient (Wildman–Crippen LogP) is 6.13. The van der Waals surface area contributed by atoms with E-state index in [0.717, 1.165) is 44.0 Å². The van der Waals surface area contributed by atoms with Crippen LogP contribution in [-0.2, 0) is 17.8 Å². The molecule has 0 saturated carbocycles. The van der Waals surface area contributed by atoms with Gasteiger partial charge in [0.1, 0.15) is 12.4 Å². The SMILES string of the molecule is Cc1cc(/C=N/NC(=O)Cc2ccccc2)c(C)n1-c1ccc(OCc2ccc(Br)cc2)cc1. The Labute approximate surface area is 208 Å².